The minimum Gasteiger partial charge on any atom is -0.496 e. The van der Waals surface area contributed by atoms with Crippen LogP contribution >= 0.6 is 11.8 Å². The molecule has 0 aliphatic carbocycles. The molecule has 1 aromatic carbocycles. The van der Waals surface area contributed by atoms with Gasteiger partial charge < -0.3 is 16.2 Å². The molecule has 152 valence electrons. The molecule has 0 aliphatic heterocycles. The zero-order chi connectivity index (χ0) is 21.6. The van der Waals surface area contributed by atoms with E-state index in [4.69, 9.17) is 16.2 Å². The Morgan fingerprint density at radius 1 is 1.34 bits per heavy atom. The Morgan fingerprint density at radius 3 is 2.66 bits per heavy atom. The third-order valence-electron chi connectivity index (χ3n) is 3.63. The maximum atomic E-state index is 13.1. The van der Waals surface area contributed by atoms with Gasteiger partial charge >= 0.3 is 6.18 Å². The summed E-state index contributed by atoms with van der Waals surface area (Å²) in [7, 11) is 1.48. The minimum atomic E-state index is -4.60. The van der Waals surface area contributed by atoms with Crippen LogP contribution in [-0.4, -0.2) is 24.3 Å². The molecule has 29 heavy (non-hydrogen) atoms. The van der Waals surface area contributed by atoms with Crippen LogP contribution < -0.4 is 16.2 Å². The number of methoxy groups -OCH3 is 1. The first-order chi connectivity index (χ1) is 13.7. The number of alkyl halides is 3. The van der Waals surface area contributed by atoms with E-state index in [1.54, 1.807) is 18.2 Å². The highest BCUT2D eigenvalue weighted by atomic mass is 32.2. The molecule has 1 aromatic heterocycles. The molecule has 0 saturated heterocycles. The van der Waals surface area contributed by atoms with Gasteiger partial charge in [0, 0.05) is 11.3 Å². The molecule has 0 saturated carbocycles. The molecule has 11 heteroatoms. The Labute approximate surface area is 169 Å². The van der Waals surface area contributed by atoms with Gasteiger partial charge in [0.15, 0.2) is 0 Å². The van der Waals surface area contributed by atoms with Gasteiger partial charge in [-0.3, -0.25) is 0 Å². The third kappa shape index (κ3) is 5.86. The summed E-state index contributed by atoms with van der Waals surface area (Å²) >= 11 is 1.01. The van der Waals surface area contributed by atoms with Gasteiger partial charge in [-0.25, -0.2) is 4.98 Å². The van der Waals surface area contributed by atoms with Crippen LogP contribution in [0.1, 0.15) is 27.9 Å². The molecule has 4 N–H and O–H groups in total. The topological polar surface area (TPSA) is 123 Å². The van der Waals surface area contributed by atoms with E-state index in [1.807, 2.05) is 6.07 Å². The van der Waals surface area contributed by atoms with Crippen LogP contribution in [0.4, 0.5) is 13.2 Å². The number of aryl methyl sites for hydroxylation is 1. The number of thioether (sulfide) groups is 1. The van der Waals surface area contributed by atoms with Crippen molar-refractivity contribution in [1.29, 1.82) is 5.26 Å². The van der Waals surface area contributed by atoms with Crippen LogP contribution in [0.25, 0.3) is 0 Å². The number of nitrogens with zero attached hydrogens (tertiary/aromatic N) is 4. The van der Waals surface area contributed by atoms with Crippen molar-refractivity contribution in [1.82, 2.24) is 4.98 Å². The van der Waals surface area contributed by atoms with Crippen molar-refractivity contribution in [2.45, 2.75) is 23.9 Å². The first kappa shape index (κ1) is 22.0. The number of guanidine groups is 1. The van der Waals surface area contributed by atoms with Gasteiger partial charge in [-0.05, 0) is 42.3 Å². The van der Waals surface area contributed by atoms with Crippen LogP contribution in [0.5, 0.6) is 5.75 Å². The summed E-state index contributed by atoms with van der Waals surface area (Å²) in [5, 5.41) is 16.5. The van der Waals surface area contributed by atoms with E-state index in [0.29, 0.717) is 16.9 Å². The first-order valence-electron chi connectivity index (χ1n) is 8.06. The summed E-state index contributed by atoms with van der Waals surface area (Å²) in [6.07, 6.45) is -3.19. The van der Waals surface area contributed by atoms with Crippen molar-refractivity contribution < 1.29 is 17.9 Å². The monoisotopic (exact) mass is 422 g/mol. The SMILES string of the molecule is COc1ccc(C=NN=C(N)N)cc1CSc1nc(C(F)(F)F)cc(C)c1C#N. The second kappa shape index (κ2) is 9.29. The molecule has 0 amide bonds. The fraction of sp³-hybridized carbons (Fsp3) is 0.222. The van der Waals surface area contributed by atoms with Gasteiger partial charge in [0.1, 0.15) is 22.5 Å². The fourth-order valence-corrected chi connectivity index (χ4v) is 3.36. The Balaban J connectivity index is 2.35. The maximum Gasteiger partial charge on any atom is 0.433 e. The maximum absolute atomic E-state index is 13.1. The summed E-state index contributed by atoms with van der Waals surface area (Å²) < 4.78 is 44.5. The lowest BCUT2D eigenvalue weighted by atomic mass is 10.1. The summed E-state index contributed by atoms with van der Waals surface area (Å²) in [5.74, 6) is 0.550. The smallest absolute Gasteiger partial charge is 0.433 e. The number of pyridine rings is 1. The highest BCUT2D eigenvalue weighted by Crippen LogP contribution is 2.34. The van der Waals surface area contributed by atoms with Gasteiger partial charge in [0.2, 0.25) is 5.96 Å². The van der Waals surface area contributed by atoms with E-state index in [0.717, 1.165) is 17.8 Å². The Morgan fingerprint density at radius 2 is 2.07 bits per heavy atom. The van der Waals surface area contributed by atoms with Gasteiger partial charge in [-0.1, -0.05) is 0 Å². The molecule has 0 atom stereocenters. The molecule has 0 spiro atoms. The van der Waals surface area contributed by atoms with Gasteiger partial charge in [0.05, 0.1) is 18.9 Å². The van der Waals surface area contributed by atoms with Crippen molar-refractivity contribution in [3.05, 3.63) is 52.2 Å². The second-order valence-corrected chi connectivity index (χ2v) is 6.71. The number of halogens is 3. The van der Waals surface area contributed by atoms with E-state index in [2.05, 4.69) is 15.2 Å². The molecule has 2 aromatic rings. The zero-order valence-corrected chi connectivity index (χ0v) is 16.3. The lowest BCUT2D eigenvalue weighted by Gasteiger charge is -2.13. The number of hydrogen-bond acceptors (Lipinski definition) is 6. The Bertz CT molecular complexity index is 994. The predicted octanol–water partition coefficient (Wildman–Crippen LogP) is 3.19. The van der Waals surface area contributed by atoms with Crippen molar-refractivity contribution in [3.8, 4) is 11.8 Å². The number of rotatable bonds is 6. The average Bonchev–Trinajstić information content (AvgIpc) is 2.65. The zero-order valence-electron chi connectivity index (χ0n) is 15.5. The van der Waals surface area contributed by atoms with Crippen molar-refractivity contribution in [3.63, 3.8) is 0 Å². The second-order valence-electron chi connectivity index (χ2n) is 5.74. The molecule has 0 aliphatic rings. The van der Waals surface area contributed by atoms with Crippen LogP contribution in [-0.2, 0) is 11.9 Å². The third-order valence-corrected chi connectivity index (χ3v) is 4.66. The normalized spacial score (nSPS) is 11.3. The lowest BCUT2D eigenvalue weighted by molar-refractivity contribution is -0.141. The summed E-state index contributed by atoms with van der Waals surface area (Å²) in [4.78, 5) is 3.64. The van der Waals surface area contributed by atoms with E-state index < -0.39 is 11.9 Å². The average molecular weight is 422 g/mol. The molecular weight excluding hydrogens is 405 g/mol. The predicted molar refractivity (Wildman–Crippen MR) is 105 cm³/mol. The molecule has 2 rings (SSSR count). The fourth-order valence-electron chi connectivity index (χ4n) is 2.33. The van der Waals surface area contributed by atoms with E-state index in [9.17, 15) is 18.4 Å². The number of hydrogen-bond donors (Lipinski definition) is 2. The van der Waals surface area contributed by atoms with Crippen LogP contribution in [0.2, 0.25) is 0 Å². The van der Waals surface area contributed by atoms with E-state index >= 15 is 0 Å². The number of nitriles is 1. The van der Waals surface area contributed by atoms with Crippen molar-refractivity contribution in [2.24, 2.45) is 21.7 Å². The lowest BCUT2D eigenvalue weighted by Crippen LogP contribution is -2.21. The Kier molecular flexibility index (Phi) is 7.06. The molecular formula is C18H17F3N6OS. The van der Waals surface area contributed by atoms with Crippen LogP contribution in [0, 0.1) is 18.3 Å². The van der Waals surface area contributed by atoms with Crippen LogP contribution in [0.3, 0.4) is 0 Å². The highest BCUT2D eigenvalue weighted by molar-refractivity contribution is 7.98. The minimum absolute atomic E-state index is 0.00135. The van der Waals surface area contributed by atoms with Gasteiger partial charge in [-0.2, -0.15) is 23.5 Å². The van der Waals surface area contributed by atoms with Gasteiger partial charge in [0.25, 0.3) is 0 Å². The standard InChI is InChI=1S/C18H17F3N6OS/c1-10-5-15(18(19,20)21)26-16(13(10)7-22)29-9-12-6-11(3-4-14(12)28-2)8-25-27-17(23)24/h3-6,8H,9H2,1-2H3,(H4,23,24,27). The largest absolute Gasteiger partial charge is 0.496 e. The number of aromatic nitrogens is 1. The number of nitrogens with two attached hydrogens (primary N) is 2. The highest BCUT2D eigenvalue weighted by Gasteiger charge is 2.34. The van der Waals surface area contributed by atoms with Crippen molar-refractivity contribution >= 4 is 23.9 Å². The van der Waals surface area contributed by atoms with E-state index in [-0.39, 0.29) is 27.9 Å². The Hall–Kier alpha value is -3.26. The summed E-state index contributed by atoms with van der Waals surface area (Å²) in [6.45, 7) is 1.45. The molecule has 0 fully saturated rings. The molecule has 0 radical (unpaired) electrons. The van der Waals surface area contributed by atoms with E-state index in [1.165, 1.54) is 20.2 Å². The summed E-state index contributed by atoms with van der Waals surface area (Å²) in [5.41, 5.74) is 11.0. The quantitative estimate of drug-likeness (QED) is 0.319. The number of benzene rings is 1. The van der Waals surface area contributed by atoms with Crippen molar-refractivity contribution in [2.75, 3.05) is 7.11 Å². The molecule has 0 unspecified atom stereocenters. The summed E-state index contributed by atoms with van der Waals surface area (Å²) in [6, 6.07) is 7.90. The molecule has 0 bridgehead atoms. The van der Waals surface area contributed by atoms with Gasteiger partial charge in [-0.15, -0.1) is 16.9 Å². The number of ether oxygens (including phenoxy) is 1. The first-order valence-corrected chi connectivity index (χ1v) is 9.05. The van der Waals surface area contributed by atoms with Crippen LogP contribution in [0.15, 0.2) is 39.5 Å². The molecule has 1 heterocycles. The molecule has 7 nitrogen and oxygen atoms in total.